The van der Waals surface area contributed by atoms with Gasteiger partial charge < -0.3 is 9.53 Å². The predicted octanol–water partition coefficient (Wildman–Crippen LogP) is 2.23. The van der Waals surface area contributed by atoms with Crippen molar-refractivity contribution in [3.05, 3.63) is 35.4 Å². The van der Waals surface area contributed by atoms with Crippen LogP contribution >= 0.6 is 0 Å². The number of aliphatic carboxylic acids is 1. The first-order valence-electron chi connectivity index (χ1n) is 5.78. The minimum Gasteiger partial charge on any atom is -0.520 e. The van der Waals surface area contributed by atoms with Crippen molar-refractivity contribution in [2.24, 2.45) is 0 Å². The maximum absolute atomic E-state index is 11.7. The van der Waals surface area contributed by atoms with E-state index >= 15 is 0 Å². The zero-order valence-electron chi connectivity index (χ0n) is 10.9. The normalized spacial score (nSPS) is 11.1. The maximum Gasteiger partial charge on any atom is 0.307 e. The molecule has 1 aromatic rings. The third-order valence-corrected chi connectivity index (χ3v) is 2.96. The SMILES string of the molecule is C[Si](C)(C)OC(=O)Cc1cccc(CC(=O)O)c1. The number of hydrogen-bond donors (Lipinski definition) is 1. The number of carboxylic acid groups (broad SMARTS) is 1. The van der Waals surface area contributed by atoms with Gasteiger partial charge in [0.25, 0.3) is 5.97 Å². The summed E-state index contributed by atoms with van der Waals surface area (Å²) in [5, 5.41) is 8.71. The van der Waals surface area contributed by atoms with Crippen molar-refractivity contribution in [2.75, 3.05) is 0 Å². The van der Waals surface area contributed by atoms with Gasteiger partial charge in [-0.1, -0.05) is 24.3 Å². The summed E-state index contributed by atoms with van der Waals surface area (Å²) in [7, 11) is -1.86. The van der Waals surface area contributed by atoms with Gasteiger partial charge in [0.2, 0.25) is 8.32 Å². The van der Waals surface area contributed by atoms with Gasteiger partial charge in [-0.05, 0) is 30.8 Å². The van der Waals surface area contributed by atoms with Gasteiger partial charge in [-0.2, -0.15) is 0 Å². The van der Waals surface area contributed by atoms with Crippen LogP contribution in [0.3, 0.4) is 0 Å². The average molecular weight is 266 g/mol. The highest BCUT2D eigenvalue weighted by molar-refractivity contribution is 6.71. The van der Waals surface area contributed by atoms with Crippen molar-refractivity contribution in [3.8, 4) is 0 Å². The predicted molar refractivity (Wildman–Crippen MR) is 70.9 cm³/mol. The van der Waals surface area contributed by atoms with E-state index in [9.17, 15) is 9.59 Å². The minimum atomic E-state index is -1.86. The molecule has 0 aliphatic carbocycles. The molecule has 1 aromatic carbocycles. The summed E-state index contributed by atoms with van der Waals surface area (Å²) in [5.41, 5.74) is 1.48. The number of rotatable bonds is 5. The molecule has 0 atom stereocenters. The fourth-order valence-electron chi connectivity index (χ4n) is 1.57. The van der Waals surface area contributed by atoms with Crippen LogP contribution in [0.4, 0.5) is 0 Å². The Kier molecular flexibility index (Phi) is 4.67. The lowest BCUT2D eigenvalue weighted by Crippen LogP contribution is -2.29. The van der Waals surface area contributed by atoms with E-state index in [1.807, 2.05) is 19.6 Å². The fraction of sp³-hybridized carbons (Fsp3) is 0.385. The smallest absolute Gasteiger partial charge is 0.307 e. The molecule has 0 spiro atoms. The molecule has 0 saturated heterocycles. The van der Waals surface area contributed by atoms with Crippen molar-refractivity contribution >= 4 is 20.3 Å². The molecule has 4 nitrogen and oxygen atoms in total. The summed E-state index contributed by atoms with van der Waals surface area (Å²) >= 11 is 0. The van der Waals surface area contributed by atoms with Gasteiger partial charge in [-0.25, -0.2) is 0 Å². The highest BCUT2D eigenvalue weighted by atomic mass is 28.4. The molecular weight excluding hydrogens is 248 g/mol. The maximum atomic E-state index is 11.7. The van der Waals surface area contributed by atoms with Crippen LogP contribution in [0.25, 0.3) is 0 Å². The van der Waals surface area contributed by atoms with Crippen LogP contribution in [0.2, 0.25) is 19.6 Å². The third-order valence-electron chi connectivity index (χ3n) is 2.12. The molecule has 0 saturated carbocycles. The monoisotopic (exact) mass is 266 g/mol. The standard InChI is InChI=1S/C13H18O4Si/c1-18(2,3)17-13(16)9-11-6-4-5-10(7-11)8-12(14)15/h4-7H,8-9H2,1-3H3,(H,14,15). The molecule has 1 N–H and O–H groups in total. The Morgan fingerprint density at radius 1 is 1.17 bits per heavy atom. The molecule has 98 valence electrons. The molecule has 0 fully saturated rings. The minimum absolute atomic E-state index is 0.0308. The Morgan fingerprint density at radius 2 is 1.72 bits per heavy atom. The van der Waals surface area contributed by atoms with Crippen LogP contribution in [0.15, 0.2) is 24.3 Å². The molecule has 0 radical (unpaired) electrons. The van der Waals surface area contributed by atoms with E-state index in [0.29, 0.717) is 5.56 Å². The molecule has 0 amide bonds. The van der Waals surface area contributed by atoms with Gasteiger partial charge in [-0.15, -0.1) is 0 Å². The summed E-state index contributed by atoms with van der Waals surface area (Å²) in [6.07, 6.45) is 0.161. The van der Waals surface area contributed by atoms with E-state index in [1.54, 1.807) is 24.3 Å². The number of carboxylic acids is 1. The summed E-state index contributed by atoms with van der Waals surface area (Å²) in [6.45, 7) is 5.85. The van der Waals surface area contributed by atoms with E-state index in [0.717, 1.165) is 5.56 Å². The molecule has 0 aliphatic rings. The molecule has 0 aromatic heterocycles. The van der Waals surface area contributed by atoms with Gasteiger partial charge in [0.15, 0.2) is 0 Å². The van der Waals surface area contributed by atoms with E-state index in [2.05, 4.69) is 0 Å². The molecule has 5 heteroatoms. The van der Waals surface area contributed by atoms with E-state index in [1.165, 1.54) is 0 Å². The zero-order valence-corrected chi connectivity index (χ0v) is 11.9. The lowest BCUT2D eigenvalue weighted by Gasteiger charge is -2.17. The summed E-state index contributed by atoms with van der Waals surface area (Å²) in [6, 6.07) is 7.04. The Bertz CT molecular complexity index is 449. The number of carbonyl (C=O) groups is 2. The van der Waals surface area contributed by atoms with Crippen LogP contribution in [0.5, 0.6) is 0 Å². The van der Waals surface area contributed by atoms with Crippen LogP contribution in [-0.2, 0) is 26.9 Å². The van der Waals surface area contributed by atoms with E-state index in [-0.39, 0.29) is 18.8 Å². The highest BCUT2D eigenvalue weighted by Crippen LogP contribution is 2.10. The van der Waals surface area contributed by atoms with Crippen LogP contribution < -0.4 is 0 Å². The van der Waals surface area contributed by atoms with Gasteiger partial charge in [0.05, 0.1) is 12.8 Å². The first kappa shape index (κ1) is 14.4. The quantitative estimate of drug-likeness (QED) is 0.830. The van der Waals surface area contributed by atoms with Gasteiger partial charge in [0.1, 0.15) is 0 Å². The number of hydrogen-bond acceptors (Lipinski definition) is 3. The average Bonchev–Trinajstić information content (AvgIpc) is 2.13. The molecule has 0 aliphatic heterocycles. The highest BCUT2D eigenvalue weighted by Gasteiger charge is 2.19. The Morgan fingerprint density at radius 3 is 2.22 bits per heavy atom. The second-order valence-corrected chi connectivity index (χ2v) is 9.58. The Hall–Kier alpha value is -1.62. The van der Waals surface area contributed by atoms with Crippen molar-refractivity contribution in [1.29, 1.82) is 0 Å². The van der Waals surface area contributed by atoms with E-state index in [4.69, 9.17) is 9.53 Å². The molecule has 0 heterocycles. The Labute approximate surface area is 108 Å². The summed E-state index contributed by atoms with van der Waals surface area (Å²) < 4.78 is 5.35. The second kappa shape index (κ2) is 5.82. The summed E-state index contributed by atoms with van der Waals surface area (Å²) in [5.74, 6) is -1.13. The third kappa shape index (κ3) is 5.63. The van der Waals surface area contributed by atoms with Crippen molar-refractivity contribution in [3.63, 3.8) is 0 Å². The first-order valence-corrected chi connectivity index (χ1v) is 9.18. The second-order valence-electron chi connectivity index (χ2n) is 5.15. The fourth-order valence-corrected chi connectivity index (χ4v) is 2.32. The molecule has 0 bridgehead atoms. The van der Waals surface area contributed by atoms with Crippen molar-refractivity contribution in [1.82, 2.24) is 0 Å². The van der Waals surface area contributed by atoms with Crippen molar-refractivity contribution < 1.29 is 19.1 Å². The van der Waals surface area contributed by atoms with Crippen LogP contribution in [0, 0.1) is 0 Å². The van der Waals surface area contributed by atoms with Crippen LogP contribution in [0.1, 0.15) is 11.1 Å². The lowest BCUT2D eigenvalue weighted by molar-refractivity contribution is -0.136. The first-order chi connectivity index (χ1) is 8.26. The molecule has 18 heavy (non-hydrogen) atoms. The largest absolute Gasteiger partial charge is 0.520 e. The Balaban J connectivity index is 2.67. The topological polar surface area (TPSA) is 63.6 Å². The van der Waals surface area contributed by atoms with Crippen molar-refractivity contribution in [2.45, 2.75) is 32.5 Å². The molecule has 0 unspecified atom stereocenters. The molecule has 1 rings (SSSR count). The van der Waals surface area contributed by atoms with Gasteiger partial charge >= 0.3 is 5.97 Å². The number of benzene rings is 1. The van der Waals surface area contributed by atoms with Gasteiger partial charge in [-0.3, -0.25) is 9.59 Å². The van der Waals surface area contributed by atoms with E-state index < -0.39 is 14.3 Å². The summed E-state index contributed by atoms with van der Waals surface area (Å²) in [4.78, 5) is 22.3. The number of carbonyl (C=O) groups excluding carboxylic acids is 1. The molecular formula is C13H18O4Si. The van der Waals surface area contributed by atoms with Crippen LogP contribution in [-0.4, -0.2) is 25.4 Å². The lowest BCUT2D eigenvalue weighted by atomic mass is 10.1. The van der Waals surface area contributed by atoms with Gasteiger partial charge in [0, 0.05) is 0 Å². The zero-order chi connectivity index (χ0) is 13.8.